The Morgan fingerprint density at radius 1 is 0.781 bits per heavy atom. The second kappa shape index (κ2) is 16.0. The minimum absolute atomic E-state index is 0.560. The van der Waals surface area contributed by atoms with Crippen LogP contribution in [0.25, 0.3) is 0 Å². The van der Waals surface area contributed by atoms with Crippen molar-refractivity contribution in [3.05, 3.63) is 36.0 Å². The lowest BCUT2D eigenvalue weighted by Crippen LogP contribution is -2.18. The number of rotatable bonds is 13. The first-order chi connectivity index (χ1) is 14.8. The van der Waals surface area contributed by atoms with Gasteiger partial charge in [0.05, 0.1) is 0 Å². The van der Waals surface area contributed by atoms with E-state index in [2.05, 4.69) is 71.3 Å². The molecule has 2 N–H and O–H groups in total. The van der Waals surface area contributed by atoms with Crippen molar-refractivity contribution in [2.45, 2.75) is 112 Å². The molecule has 2 nitrogen and oxygen atoms in total. The number of hydrogen-bond acceptors (Lipinski definition) is 2. The molecule has 32 heavy (non-hydrogen) atoms. The van der Waals surface area contributed by atoms with Crippen molar-refractivity contribution in [2.75, 3.05) is 0 Å². The van der Waals surface area contributed by atoms with Gasteiger partial charge in [-0.05, 0) is 95.1 Å². The third-order valence-electron chi connectivity index (χ3n) is 5.35. The lowest BCUT2D eigenvalue weighted by atomic mass is 9.96. The highest BCUT2D eigenvalue weighted by atomic mass is 16.3. The van der Waals surface area contributed by atoms with Gasteiger partial charge in [-0.2, -0.15) is 0 Å². The van der Waals surface area contributed by atoms with Crippen LogP contribution in [0.5, 0.6) is 0 Å². The molecule has 180 valence electrons. The van der Waals surface area contributed by atoms with Gasteiger partial charge in [0.1, 0.15) is 11.2 Å². The van der Waals surface area contributed by atoms with Crippen molar-refractivity contribution >= 4 is 0 Å². The summed E-state index contributed by atoms with van der Waals surface area (Å²) in [5.41, 5.74) is -1.08. The van der Waals surface area contributed by atoms with E-state index in [1.54, 1.807) is 26.0 Å². The summed E-state index contributed by atoms with van der Waals surface area (Å²) in [7, 11) is 0. The van der Waals surface area contributed by atoms with E-state index in [4.69, 9.17) is 0 Å². The van der Waals surface area contributed by atoms with Crippen LogP contribution in [0.3, 0.4) is 0 Å². The molecule has 0 aliphatic rings. The van der Waals surface area contributed by atoms with Gasteiger partial charge in [-0.1, -0.05) is 82.6 Å². The maximum absolute atomic E-state index is 10.4. The summed E-state index contributed by atoms with van der Waals surface area (Å²) in [4.78, 5) is 0. The highest BCUT2D eigenvalue weighted by Gasteiger charge is 2.13. The Labute approximate surface area is 199 Å². The average molecular weight is 441 g/mol. The molecule has 0 aromatic heterocycles. The molecule has 0 aliphatic carbocycles. The smallest absolute Gasteiger partial charge is 0.142 e. The summed E-state index contributed by atoms with van der Waals surface area (Å²) in [6, 6.07) is 0. The summed E-state index contributed by atoms with van der Waals surface area (Å²) < 4.78 is 0. The van der Waals surface area contributed by atoms with Gasteiger partial charge in [0.25, 0.3) is 0 Å². The second-order valence-corrected chi connectivity index (χ2v) is 10.5. The Morgan fingerprint density at radius 3 is 1.69 bits per heavy atom. The molecule has 4 atom stereocenters. The predicted molar refractivity (Wildman–Crippen MR) is 140 cm³/mol. The number of hydrogen-bond donors (Lipinski definition) is 2. The van der Waals surface area contributed by atoms with E-state index in [0.29, 0.717) is 11.8 Å². The predicted octanol–water partition coefficient (Wildman–Crippen LogP) is 7.23. The molecule has 0 radical (unpaired) electrons. The van der Waals surface area contributed by atoms with Crippen molar-refractivity contribution in [3.8, 4) is 23.7 Å². The Bertz CT molecular complexity index is 722. The molecule has 2 heteroatoms. The van der Waals surface area contributed by atoms with Crippen LogP contribution in [-0.2, 0) is 0 Å². The maximum Gasteiger partial charge on any atom is 0.142 e. The SMILES string of the molecule is CC(C)=CCCC(C)CC=CC(C)(O)C#CC#CC(C)(O)C=CCC(C)CCCC(C)C. The lowest BCUT2D eigenvalue weighted by molar-refractivity contribution is 0.173. The van der Waals surface area contributed by atoms with Crippen LogP contribution < -0.4 is 0 Å². The molecule has 0 bridgehead atoms. The molecule has 0 aromatic rings. The Kier molecular flexibility index (Phi) is 15.1. The first kappa shape index (κ1) is 30.3. The van der Waals surface area contributed by atoms with E-state index < -0.39 is 11.2 Å². The summed E-state index contributed by atoms with van der Waals surface area (Å²) in [6.45, 7) is 16.5. The van der Waals surface area contributed by atoms with Crippen molar-refractivity contribution < 1.29 is 10.2 Å². The topological polar surface area (TPSA) is 40.5 Å². The standard InChI is InChI=1S/C30H48O2/c1-25(2)15-11-17-27(5)19-13-23-29(7,31)21-9-10-22-30(8,32)24-14-20-28(6)18-12-16-26(3)4/h13-15,23-24,26-28,31-32H,11-12,16-20H2,1-8H3. The lowest BCUT2D eigenvalue weighted by Gasteiger charge is -2.12. The third-order valence-corrected chi connectivity index (χ3v) is 5.35. The van der Waals surface area contributed by atoms with Crippen LogP contribution in [-0.4, -0.2) is 21.4 Å². The zero-order valence-electron chi connectivity index (χ0n) is 22.0. The maximum atomic E-state index is 10.4. The number of aliphatic hydroxyl groups is 2. The largest absolute Gasteiger partial charge is 0.374 e. The summed E-state index contributed by atoms with van der Waals surface area (Å²) >= 11 is 0. The van der Waals surface area contributed by atoms with Gasteiger partial charge in [0, 0.05) is 0 Å². The Hall–Kier alpha value is -1.74. The molecule has 0 rings (SSSR count). The molecule has 0 fully saturated rings. The fourth-order valence-electron chi connectivity index (χ4n) is 3.23. The van der Waals surface area contributed by atoms with Crippen LogP contribution >= 0.6 is 0 Å². The summed E-state index contributed by atoms with van der Waals surface area (Å²) in [5, 5.41) is 20.8. The van der Waals surface area contributed by atoms with E-state index in [1.165, 1.54) is 24.8 Å². The van der Waals surface area contributed by atoms with Crippen molar-refractivity contribution in [1.82, 2.24) is 0 Å². The minimum atomic E-state index is -1.22. The van der Waals surface area contributed by atoms with E-state index in [0.717, 1.165) is 31.6 Å². The summed E-state index contributed by atoms with van der Waals surface area (Å²) in [6.07, 6.45) is 17.6. The average Bonchev–Trinajstić information content (AvgIpc) is 2.64. The van der Waals surface area contributed by atoms with Crippen LogP contribution in [0.1, 0.15) is 100 Å². The van der Waals surface area contributed by atoms with Gasteiger partial charge in [-0.25, -0.2) is 0 Å². The molecule has 0 spiro atoms. The zero-order valence-corrected chi connectivity index (χ0v) is 22.0. The van der Waals surface area contributed by atoms with Crippen LogP contribution in [0.2, 0.25) is 0 Å². The highest BCUT2D eigenvalue weighted by molar-refractivity contribution is 5.35. The molecule has 0 aromatic carbocycles. The monoisotopic (exact) mass is 440 g/mol. The molecule has 0 heterocycles. The van der Waals surface area contributed by atoms with Crippen molar-refractivity contribution in [3.63, 3.8) is 0 Å². The van der Waals surface area contributed by atoms with E-state index in [9.17, 15) is 10.2 Å². The van der Waals surface area contributed by atoms with Crippen LogP contribution in [0.15, 0.2) is 36.0 Å². The molecular formula is C30H48O2. The third kappa shape index (κ3) is 19.0. The van der Waals surface area contributed by atoms with Crippen LogP contribution in [0.4, 0.5) is 0 Å². The van der Waals surface area contributed by atoms with E-state index >= 15 is 0 Å². The van der Waals surface area contributed by atoms with E-state index in [1.807, 2.05) is 12.2 Å². The van der Waals surface area contributed by atoms with E-state index in [-0.39, 0.29) is 0 Å². The van der Waals surface area contributed by atoms with Gasteiger partial charge < -0.3 is 10.2 Å². The Morgan fingerprint density at radius 2 is 1.25 bits per heavy atom. The molecule has 0 saturated heterocycles. The van der Waals surface area contributed by atoms with Gasteiger partial charge in [0.2, 0.25) is 0 Å². The molecule has 0 aliphatic heterocycles. The summed E-state index contributed by atoms with van der Waals surface area (Å²) in [5.74, 6) is 12.8. The first-order valence-electron chi connectivity index (χ1n) is 12.3. The molecular weight excluding hydrogens is 392 g/mol. The van der Waals surface area contributed by atoms with Gasteiger partial charge >= 0.3 is 0 Å². The fourth-order valence-corrected chi connectivity index (χ4v) is 3.23. The fraction of sp³-hybridized carbons (Fsp3) is 0.667. The Balaban J connectivity index is 4.56. The van der Waals surface area contributed by atoms with Gasteiger partial charge in [0.15, 0.2) is 0 Å². The first-order valence-corrected chi connectivity index (χ1v) is 12.3. The number of allylic oxidation sites excluding steroid dienone is 4. The zero-order chi connectivity index (χ0) is 24.6. The molecule has 0 amide bonds. The van der Waals surface area contributed by atoms with Crippen LogP contribution in [0, 0.1) is 41.4 Å². The highest BCUT2D eigenvalue weighted by Crippen LogP contribution is 2.17. The molecule has 4 unspecified atom stereocenters. The normalized spacial score (nSPS) is 17.1. The van der Waals surface area contributed by atoms with Gasteiger partial charge in [-0.15, -0.1) is 0 Å². The second-order valence-electron chi connectivity index (χ2n) is 10.5. The molecule has 0 saturated carbocycles. The quantitative estimate of drug-likeness (QED) is 0.234. The van der Waals surface area contributed by atoms with Crippen molar-refractivity contribution in [1.29, 1.82) is 0 Å². The van der Waals surface area contributed by atoms with Crippen molar-refractivity contribution in [2.24, 2.45) is 17.8 Å². The minimum Gasteiger partial charge on any atom is -0.374 e. The van der Waals surface area contributed by atoms with Gasteiger partial charge in [-0.3, -0.25) is 0 Å².